The second-order valence-corrected chi connectivity index (χ2v) is 5.61. The van der Waals surface area contributed by atoms with Gasteiger partial charge in [-0.15, -0.1) is 11.3 Å². The largest absolute Gasteiger partial charge is 0.322 e. The van der Waals surface area contributed by atoms with E-state index < -0.39 is 0 Å². The Morgan fingerprint density at radius 2 is 1.94 bits per heavy atom. The topological polar surface area (TPSA) is 38.9 Å². The molecule has 0 spiro atoms. The van der Waals surface area contributed by atoms with Crippen LogP contribution in [0, 0.1) is 5.92 Å². The molecule has 2 rings (SSSR count). The molecule has 0 saturated heterocycles. The van der Waals surface area contributed by atoms with Gasteiger partial charge in [-0.1, -0.05) is 38.8 Å². The van der Waals surface area contributed by atoms with Crippen molar-refractivity contribution in [1.82, 2.24) is 4.98 Å². The van der Waals surface area contributed by atoms with Crippen molar-refractivity contribution in [2.45, 2.75) is 39.2 Å². The summed E-state index contributed by atoms with van der Waals surface area (Å²) in [5, 5.41) is 1.08. The maximum atomic E-state index is 6.26. The number of thiazole rings is 1. The molecule has 0 fully saturated rings. The van der Waals surface area contributed by atoms with Crippen LogP contribution in [0.2, 0.25) is 0 Å². The molecule has 1 aromatic carbocycles. The van der Waals surface area contributed by atoms with E-state index in [1.807, 2.05) is 6.07 Å². The van der Waals surface area contributed by atoms with Gasteiger partial charge in [-0.2, -0.15) is 0 Å². The highest BCUT2D eigenvalue weighted by molar-refractivity contribution is 7.18. The van der Waals surface area contributed by atoms with Crippen molar-refractivity contribution in [3.05, 3.63) is 29.3 Å². The van der Waals surface area contributed by atoms with Crippen LogP contribution in [-0.2, 0) is 0 Å². The third kappa shape index (κ3) is 2.85. The molecule has 3 heteroatoms. The van der Waals surface area contributed by atoms with Gasteiger partial charge in [0.1, 0.15) is 5.01 Å². The van der Waals surface area contributed by atoms with Gasteiger partial charge in [-0.05, 0) is 24.5 Å². The predicted octanol–water partition coefficient (Wildman–Crippen LogP) is 4.12. The molecule has 0 amide bonds. The summed E-state index contributed by atoms with van der Waals surface area (Å²) >= 11 is 1.73. The molecule has 0 aliphatic rings. The zero-order chi connectivity index (χ0) is 12.3. The Balaban J connectivity index is 2.15. The first-order chi connectivity index (χ1) is 8.24. The second-order valence-electron chi connectivity index (χ2n) is 4.54. The molecule has 2 N–H and O–H groups in total. The molecule has 1 aromatic heterocycles. The monoisotopic (exact) mass is 248 g/mol. The number of hydrogen-bond donors (Lipinski definition) is 1. The molecule has 0 aliphatic carbocycles. The van der Waals surface area contributed by atoms with Gasteiger partial charge in [-0.25, -0.2) is 4.98 Å². The fraction of sp³-hybridized carbons (Fsp3) is 0.500. The van der Waals surface area contributed by atoms with Crippen LogP contribution in [0.4, 0.5) is 0 Å². The van der Waals surface area contributed by atoms with E-state index in [1.165, 1.54) is 17.5 Å². The smallest absolute Gasteiger partial charge is 0.111 e. The van der Waals surface area contributed by atoms with Gasteiger partial charge in [0, 0.05) is 0 Å². The molecule has 0 saturated carbocycles. The summed E-state index contributed by atoms with van der Waals surface area (Å²) in [4.78, 5) is 4.63. The molecule has 17 heavy (non-hydrogen) atoms. The first-order valence-electron chi connectivity index (χ1n) is 6.35. The maximum absolute atomic E-state index is 6.26. The first-order valence-corrected chi connectivity index (χ1v) is 7.17. The minimum Gasteiger partial charge on any atom is -0.322 e. The molecule has 0 radical (unpaired) electrons. The summed E-state index contributed by atoms with van der Waals surface area (Å²) in [5.41, 5.74) is 7.34. The van der Waals surface area contributed by atoms with E-state index >= 15 is 0 Å². The standard InChI is InChI=1S/C14H20N2S/c1-3-10(4-2)9-11(15)14-16-12-7-5-6-8-13(12)17-14/h5-8,10-11H,3-4,9,15H2,1-2H3. The number of para-hydroxylation sites is 1. The number of benzene rings is 1. The highest BCUT2D eigenvalue weighted by atomic mass is 32.1. The predicted molar refractivity (Wildman–Crippen MR) is 75.2 cm³/mol. The molecular weight excluding hydrogens is 228 g/mol. The van der Waals surface area contributed by atoms with E-state index in [-0.39, 0.29) is 6.04 Å². The molecule has 1 unspecified atom stereocenters. The van der Waals surface area contributed by atoms with Crippen LogP contribution < -0.4 is 5.73 Å². The third-order valence-corrected chi connectivity index (χ3v) is 4.54. The third-order valence-electron chi connectivity index (χ3n) is 3.37. The minimum absolute atomic E-state index is 0.0947. The Hall–Kier alpha value is -0.930. The van der Waals surface area contributed by atoms with Gasteiger partial charge < -0.3 is 5.73 Å². The van der Waals surface area contributed by atoms with Gasteiger partial charge in [0.15, 0.2) is 0 Å². The van der Waals surface area contributed by atoms with Crippen LogP contribution >= 0.6 is 11.3 Å². The van der Waals surface area contributed by atoms with Crippen molar-refractivity contribution < 1.29 is 0 Å². The summed E-state index contributed by atoms with van der Waals surface area (Å²) in [6, 6.07) is 8.34. The lowest BCUT2D eigenvalue weighted by Gasteiger charge is -2.16. The van der Waals surface area contributed by atoms with Crippen LogP contribution in [0.5, 0.6) is 0 Å². The van der Waals surface area contributed by atoms with Crippen LogP contribution in [0.1, 0.15) is 44.2 Å². The van der Waals surface area contributed by atoms with E-state index in [9.17, 15) is 0 Å². The summed E-state index contributed by atoms with van der Waals surface area (Å²) in [6.45, 7) is 4.47. The zero-order valence-electron chi connectivity index (χ0n) is 10.5. The molecule has 2 aromatic rings. The molecule has 0 bridgehead atoms. The van der Waals surface area contributed by atoms with E-state index in [2.05, 4.69) is 37.0 Å². The maximum Gasteiger partial charge on any atom is 0.111 e. The molecular formula is C14H20N2S. The fourth-order valence-electron chi connectivity index (χ4n) is 2.13. The van der Waals surface area contributed by atoms with E-state index in [0.29, 0.717) is 0 Å². The van der Waals surface area contributed by atoms with Crippen molar-refractivity contribution in [1.29, 1.82) is 0 Å². The molecule has 92 valence electrons. The van der Waals surface area contributed by atoms with Crippen molar-refractivity contribution in [3.63, 3.8) is 0 Å². The van der Waals surface area contributed by atoms with Gasteiger partial charge in [0.2, 0.25) is 0 Å². The lowest BCUT2D eigenvalue weighted by Crippen LogP contribution is -2.14. The number of nitrogens with two attached hydrogens (primary N) is 1. The SMILES string of the molecule is CCC(CC)CC(N)c1nc2ccccc2s1. The first kappa shape index (κ1) is 12.5. The van der Waals surface area contributed by atoms with Crippen LogP contribution in [0.3, 0.4) is 0 Å². The molecule has 1 heterocycles. The van der Waals surface area contributed by atoms with E-state index in [1.54, 1.807) is 11.3 Å². The van der Waals surface area contributed by atoms with Crippen LogP contribution in [0.25, 0.3) is 10.2 Å². The van der Waals surface area contributed by atoms with Crippen molar-refractivity contribution >= 4 is 21.6 Å². The number of fused-ring (bicyclic) bond motifs is 1. The average Bonchev–Trinajstić information content (AvgIpc) is 2.79. The summed E-state index contributed by atoms with van der Waals surface area (Å²) in [7, 11) is 0. The fourth-order valence-corrected chi connectivity index (χ4v) is 3.11. The van der Waals surface area contributed by atoms with Gasteiger partial charge in [0.05, 0.1) is 16.3 Å². The minimum atomic E-state index is 0.0947. The highest BCUT2D eigenvalue weighted by Crippen LogP contribution is 2.29. The Morgan fingerprint density at radius 3 is 2.59 bits per heavy atom. The van der Waals surface area contributed by atoms with Crippen molar-refractivity contribution in [2.24, 2.45) is 11.7 Å². The van der Waals surface area contributed by atoms with Gasteiger partial charge >= 0.3 is 0 Å². The highest BCUT2D eigenvalue weighted by Gasteiger charge is 2.15. The van der Waals surface area contributed by atoms with Crippen molar-refractivity contribution in [3.8, 4) is 0 Å². The normalized spacial score (nSPS) is 13.4. The Kier molecular flexibility index (Phi) is 4.13. The Bertz CT molecular complexity index is 441. The van der Waals surface area contributed by atoms with Crippen molar-refractivity contribution in [2.75, 3.05) is 0 Å². The quantitative estimate of drug-likeness (QED) is 0.864. The summed E-state index contributed by atoms with van der Waals surface area (Å²) in [6.07, 6.45) is 3.46. The number of aromatic nitrogens is 1. The zero-order valence-corrected chi connectivity index (χ0v) is 11.3. The van der Waals surface area contributed by atoms with E-state index in [0.717, 1.165) is 22.9 Å². The van der Waals surface area contributed by atoms with Crippen LogP contribution in [-0.4, -0.2) is 4.98 Å². The van der Waals surface area contributed by atoms with E-state index in [4.69, 9.17) is 5.73 Å². The number of nitrogens with zero attached hydrogens (tertiary/aromatic N) is 1. The summed E-state index contributed by atoms with van der Waals surface area (Å²) < 4.78 is 1.24. The average molecular weight is 248 g/mol. The van der Waals surface area contributed by atoms with Gasteiger partial charge in [-0.3, -0.25) is 0 Å². The van der Waals surface area contributed by atoms with Gasteiger partial charge in [0.25, 0.3) is 0 Å². The summed E-state index contributed by atoms with van der Waals surface area (Å²) in [5.74, 6) is 0.719. The Morgan fingerprint density at radius 1 is 1.24 bits per heavy atom. The number of hydrogen-bond acceptors (Lipinski definition) is 3. The number of rotatable bonds is 5. The molecule has 2 nitrogen and oxygen atoms in total. The van der Waals surface area contributed by atoms with Crippen LogP contribution in [0.15, 0.2) is 24.3 Å². The second kappa shape index (κ2) is 5.61. The molecule has 1 atom stereocenters. The lowest BCUT2D eigenvalue weighted by atomic mass is 9.95. The molecule has 0 aliphatic heterocycles. The Labute approximate surface area is 107 Å². The lowest BCUT2D eigenvalue weighted by molar-refractivity contribution is 0.414.